The number of aromatic nitrogens is 2. The van der Waals surface area contributed by atoms with Crippen molar-refractivity contribution >= 4 is 29.3 Å². The molecule has 1 aromatic heterocycles. The van der Waals surface area contributed by atoms with Crippen LogP contribution < -0.4 is 10.6 Å². The van der Waals surface area contributed by atoms with Gasteiger partial charge in [0, 0.05) is 31.2 Å². The summed E-state index contributed by atoms with van der Waals surface area (Å²) in [4.78, 5) is 39.8. The van der Waals surface area contributed by atoms with Crippen molar-refractivity contribution < 1.29 is 14.4 Å². The minimum Gasteiger partial charge on any atom is -0.354 e. The predicted octanol–water partition coefficient (Wildman–Crippen LogP) is 2.52. The van der Waals surface area contributed by atoms with Crippen LogP contribution in [0, 0.1) is 5.92 Å². The summed E-state index contributed by atoms with van der Waals surface area (Å²) < 4.78 is 1.46. The molecule has 32 heavy (non-hydrogen) atoms. The van der Waals surface area contributed by atoms with E-state index in [4.69, 9.17) is 11.6 Å². The van der Waals surface area contributed by atoms with Gasteiger partial charge in [-0.25, -0.2) is 0 Å². The number of halogens is 1. The van der Waals surface area contributed by atoms with Crippen LogP contribution in [0.15, 0.2) is 30.3 Å². The number of rotatable bonds is 8. The third-order valence-electron chi connectivity index (χ3n) is 5.84. The molecule has 0 spiro atoms. The van der Waals surface area contributed by atoms with E-state index >= 15 is 0 Å². The molecule has 1 aliphatic rings. The molecule has 172 valence electrons. The summed E-state index contributed by atoms with van der Waals surface area (Å²) in [6.45, 7) is 7.03. The van der Waals surface area contributed by atoms with Gasteiger partial charge in [0.25, 0.3) is 11.8 Å². The van der Waals surface area contributed by atoms with E-state index < -0.39 is 5.54 Å². The Morgan fingerprint density at radius 3 is 2.53 bits per heavy atom. The first-order valence-electron chi connectivity index (χ1n) is 10.8. The van der Waals surface area contributed by atoms with Gasteiger partial charge >= 0.3 is 0 Å². The normalized spacial score (nSPS) is 17.9. The van der Waals surface area contributed by atoms with Crippen molar-refractivity contribution in [2.45, 2.75) is 45.7 Å². The molecule has 2 aromatic rings. The molecule has 1 aliphatic heterocycles. The van der Waals surface area contributed by atoms with Gasteiger partial charge in [-0.15, -0.1) is 0 Å². The molecule has 1 atom stereocenters. The fraction of sp³-hybridized carbons (Fsp3) is 0.478. The molecule has 8 nitrogen and oxygen atoms in total. The van der Waals surface area contributed by atoms with Gasteiger partial charge in [0.15, 0.2) is 5.69 Å². The van der Waals surface area contributed by atoms with Crippen LogP contribution in [0.25, 0.3) is 0 Å². The average Bonchev–Trinajstić information content (AvgIpc) is 3.17. The van der Waals surface area contributed by atoms with Crippen LogP contribution in [0.2, 0.25) is 5.02 Å². The van der Waals surface area contributed by atoms with Gasteiger partial charge in [-0.05, 0) is 43.4 Å². The molecule has 3 amide bonds. The van der Waals surface area contributed by atoms with E-state index in [1.54, 1.807) is 26.1 Å². The van der Waals surface area contributed by atoms with Gasteiger partial charge in [-0.3, -0.25) is 19.1 Å². The first-order valence-corrected chi connectivity index (χ1v) is 11.2. The molecule has 2 heterocycles. The van der Waals surface area contributed by atoms with Gasteiger partial charge in [-0.1, -0.05) is 37.6 Å². The monoisotopic (exact) mass is 459 g/mol. The number of carbonyl (C=O) groups excluding carboxylic acids is 3. The van der Waals surface area contributed by atoms with Gasteiger partial charge < -0.3 is 15.5 Å². The van der Waals surface area contributed by atoms with E-state index in [0.717, 1.165) is 12.0 Å². The SMILES string of the molecule is CC(C)CCNC(=O)C1(C)Cn2nc(C(=O)NCCc3ccc(Cl)cc3)cc2C(=O)N1C. The van der Waals surface area contributed by atoms with Gasteiger partial charge in [-0.2, -0.15) is 5.10 Å². The fourth-order valence-corrected chi connectivity index (χ4v) is 3.69. The first-order chi connectivity index (χ1) is 15.1. The van der Waals surface area contributed by atoms with E-state index in [9.17, 15) is 14.4 Å². The Morgan fingerprint density at radius 1 is 1.19 bits per heavy atom. The Morgan fingerprint density at radius 2 is 1.88 bits per heavy atom. The van der Waals surface area contributed by atoms with Gasteiger partial charge in [0.05, 0.1) is 6.54 Å². The molecule has 0 saturated heterocycles. The molecule has 0 fully saturated rings. The number of hydrogen-bond donors (Lipinski definition) is 2. The van der Waals surface area contributed by atoms with Crippen LogP contribution in [-0.4, -0.2) is 58.1 Å². The van der Waals surface area contributed by atoms with E-state index in [-0.39, 0.29) is 30.0 Å². The molecule has 0 saturated carbocycles. The number of fused-ring (bicyclic) bond motifs is 1. The van der Waals surface area contributed by atoms with Crippen LogP contribution in [0.1, 0.15) is 53.7 Å². The highest BCUT2D eigenvalue weighted by Crippen LogP contribution is 2.26. The maximum Gasteiger partial charge on any atom is 0.272 e. The smallest absolute Gasteiger partial charge is 0.272 e. The lowest BCUT2D eigenvalue weighted by molar-refractivity contribution is -0.132. The minimum atomic E-state index is -1.09. The molecule has 2 N–H and O–H groups in total. The lowest BCUT2D eigenvalue weighted by atomic mass is 9.95. The summed E-state index contributed by atoms with van der Waals surface area (Å²) >= 11 is 5.89. The van der Waals surface area contributed by atoms with E-state index in [1.165, 1.54) is 15.6 Å². The number of amides is 3. The minimum absolute atomic E-state index is 0.155. The van der Waals surface area contributed by atoms with Crippen molar-refractivity contribution in [2.24, 2.45) is 5.92 Å². The number of nitrogens with zero attached hydrogens (tertiary/aromatic N) is 3. The number of hydrogen-bond acceptors (Lipinski definition) is 4. The second-order valence-corrected chi connectivity index (χ2v) is 9.22. The number of likely N-dealkylation sites (N-methyl/N-ethyl adjacent to an activating group) is 1. The zero-order valence-corrected chi connectivity index (χ0v) is 19.7. The highest BCUT2D eigenvalue weighted by molar-refractivity contribution is 6.30. The number of carbonyl (C=O) groups is 3. The van der Waals surface area contributed by atoms with E-state index in [2.05, 4.69) is 29.6 Å². The summed E-state index contributed by atoms with van der Waals surface area (Å²) in [5.41, 5.74) is 0.412. The van der Waals surface area contributed by atoms with Crippen molar-refractivity contribution in [1.82, 2.24) is 25.3 Å². The second-order valence-electron chi connectivity index (χ2n) is 8.78. The third kappa shape index (κ3) is 5.12. The summed E-state index contributed by atoms with van der Waals surface area (Å²) in [6.07, 6.45) is 1.50. The lowest BCUT2D eigenvalue weighted by Gasteiger charge is -2.40. The topological polar surface area (TPSA) is 96.3 Å². The lowest BCUT2D eigenvalue weighted by Crippen LogP contribution is -2.62. The van der Waals surface area contributed by atoms with Crippen LogP contribution in [0.4, 0.5) is 0 Å². The molecule has 0 radical (unpaired) electrons. The van der Waals surface area contributed by atoms with Crippen LogP contribution in [0.5, 0.6) is 0 Å². The maximum absolute atomic E-state index is 12.9. The molecular formula is C23H30ClN5O3. The first kappa shape index (κ1) is 23.8. The van der Waals surface area contributed by atoms with Crippen molar-refractivity contribution in [1.29, 1.82) is 0 Å². The summed E-state index contributed by atoms with van der Waals surface area (Å²) in [7, 11) is 1.60. The number of nitrogens with one attached hydrogen (secondary N) is 2. The molecule has 1 aromatic carbocycles. The van der Waals surface area contributed by atoms with Crippen molar-refractivity contribution in [3.63, 3.8) is 0 Å². The van der Waals surface area contributed by atoms with E-state index in [0.29, 0.717) is 36.1 Å². The van der Waals surface area contributed by atoms with Gasteiger partial charge in [0.1, 0.15) is 11.2 Å². The average molecular weight is 460 g/mol. The zero-order chi connectivity index (χ0) is 23.5. The summed E-state index contributed by atoms with van der Waals surface area (Å²) in [5.74, 6) is -0.471. The van der Waals surface area contributed by atoms with Crippen LogP contribution in [-0.2, 0) is 17.8 Å². The van der Waals surface area contributed by atoms with Gasteiger partial charge in [0.2, 0.25) is 5.91 Å². The Balaban J connectivity index is 1.66. The quantitative estimate of drug-likeness (QED) is 0.634. The predicted molar refractivity (Wildman–Crippen MR) is 123 cm³/mol. The van der Waals surface area contributed by atoms with Crippen molar-refractivity contribution in [2.75, 3.05) is 20.1 Å². The highest BCUT2D eigenvalue weighted by Gasteiger charge is 2.46. The molecule has 9 heteroatoms. The Kier molecular flexibility index (Phi) is 7.23. The summed E-state index contributed by atoms with van der Waals surface area (Å²) in [6, 6.07) is 8.91. The Bertz CT molecular complexity index is 1000. The standard InChI is InChI=1S/C23H30ClN5O3/c1-15(2)9-11-26-22(32)23(3)14-29-19(21(31)28(23)4)13-18(27-29)20(30)25-12-10-16-5-7-17(24)8-6-16/h5-8,13,15H,9-12,14H2,1-4H3,(H,25,30)(H,26,32). The van der Waals surface area contributed by atoms with Crippen molar-refractivity contribution in [3.8, 4) is 0 Å². The largest absolute Gasteiger partial charge is 0.354 e. The number of benzene rings is 1. The molecule has 1 unspecified atom stereocenters. The van der Waals surface area contributed by atoms with Crippen LogP contribution in [0.3, 0.4) is 0 Å². The molecule has 3 rings (SSSR count). The zero-order valence-electron chi connectivity index (χ0n) is 18.9. The maximum atomic E-state index is 12.9. The Labute approximate surface area is 193 Å². The fourth-order valence-electron chi connectivity index (χ4n) is 3.56. The molecule has 0 aliphatic carbocycles. The molecular weight excluding hydrogens is 430 g/mol. The second kappa shape index (κ2) is 9.73. The third-order valence-corrected chi connectivity index (χ3v) is 6.10. The van der Waals surface area contributed by atoms with Crippen LogP contribution >= 0.6 is 11.6 Å². The Hall–Kier alpha value is -2.87. The van der Waals surface area contributed by atoms with E-state index in [1.807, 2.05) is 12.1 Å². The highest BCUT2D eigenvalue weighted by atomic mass is 35.5. The summed E-state index contributed by atoms with van der Waals surface area (Å²) in [5, 5.41) is 10.7. The molecule has 0 bridgehead atoms. The van der Waals surface area contributed by atoms with Crippen molar-refractivity contribution in [3.05, 3.63) is 52.3 Å².